The molecule has 0 aliphatic rings. The van der Waals surface area contributed by atoms with Gasteiger partial charge in [0.1, 0.15) is 5.75 Å². The van der Waals surface area contributed by atoms with Crippen LogP contribution in [0.25, 0.3) is 10.9 Å². The summed E-state index contributed by atoms with van der Waals surface area (Å²) in [7, 11) is 1.67. The Kier molecular flexibility index (Phi) is 2.88. The van der Waals surface area contributed by atoms with Crippen molar-refractivity contribution in [2.75, 3.05) is 12.8 Å². The van der Waals surface area contributed by atoms with Crippen molar-refractivity contribution in [1.29, 1.82) is 0 Å². The average molecular weight is 252 g/mol. The van der Waals surface area contributed by atoms with Crippen LogP contribution in [0.15, 0.2) is 54.7 Å². The molecule has 2 aromatic carbocycles. The summed E-state index contributed by atoms with van der Waals surface area (Å²) in [4.78, 5) is 0. The van der Waals surface area contributed by atoms with Gasteiger partial charge in [0.2, 0.25) is 0 Å². The van der Waals surface area contributed by atoms with Gasteiger partial charge in [-0.1, -0.05) is 24.3 Å². The Hall–Kier alpha value is -2.42. The zero-order valence-corrected chi connectivity index (χ0v) is 10.8. The first kappa shape index (κ1) is 11.7. The van der Waals surface area contributed by atoms with Crippen molar-refractivity contribution in [1.82, 2.24) is 4.57 Å². The molecule has 3 aromatic rings. The number of benzene rings is 2. The Balaban J connectivity index is 2.01. The number of anilines is 1. The van der Waals surface area contributed by atoms with Crippen molar-refractivity contribution >= 4 is 16.6 Å². The van der Waals surface area contributed by atoms with Crippen LogP contribution in [-0.2, 0) is 6.54 Å². The minimum Gasteiger partial charge on any atom is -0.496 e. The van der Waals surface area contributed by atoms with Crippen LogP contribution in [0.1, 0.15) is 5.56 Å². The number of rotatable bonds is 3. The predicted molar refractivity (Wildman–Crippen MR) is 78.4 cm³/mol. The molecule has 0 spiro atoms. The predicted octanol–water partition coefficient (Wildman–Crippen LogP) is 3.28. The van der Waals surface area contributed by atoms with E-state index in [9.17, 15) is 0 Å². The lowest BCUT2D eigenvalue weighted by Crippen LogP contribution is -2.01. The van der Waals surface area contributed by atoms with Gasteiger partial charge in [-0.05, 0) is 23.6 Å². The van der Waals surface area contributed by atoms with Gasteiger partial charge in [0.25, 0.3) is 0 Å². The van der Waals surface area contributed by atoms with Crippen molar-refractivity contribution in [3.05, 3.63) is 60.3 Å². The number of fused-ring (bicyclic) bond motifs is 1. The number of methoxy groups -OCH3 is 1. The number of aromatic nitrogens is 1. The third kappa shape index (κ3) is 2.15. The van der Waals surface area contributed by atoms with Gasteiger partial charge in [-0.2, -0.15) is 0 Å². The first-order chi connectivity index (χ1) is 9.28. The number of nitrogen functional groups attached to an aromatic ring is 1. The van der Waals surface area contributed by atoms with E-state index in [4.69, 9.17) is 10.5 Å². The Morgan fingerprint density at radius 1 is 1.11 bits per heavy atom. The van der Waals surface area contributed by atoms with Gasteiger partial charge < -0.3 is 15.0 Å². The molecule has 1 heterocycles. The highest BCUT2D eigenvalue weighted by Gasteiger charge is 2.06. The number of nitrogens with zero attached hydrogens (tertiary/aromatic N) is 1. The molecule has 0 bridgehead atoms. The lowest BCUT2D eigenvalue weighted by molar-refractivity contribution is 0.409. The Morgan fingerprint density at radius 3 is 2.79 bits per heavy atom. The van der Waals surface area contributed by atoms with Crippen molar-refractivity contribution in [2.24, 2.45) is 0 Å². The van der Waals surface area contributed by atoms with Crippen molar-refractivity contribution in [3.8, 4) is 5.75 Å². The van der Waals surface area contributed by atoms with E-state index < -0.39 is 0 Å². The minimum absolute atomic E-state index is 0.720. The number of hydrogen-bond acceptors (Lipinski definition) is 2. The highest BCUT2D eigenvalue weighted by Crippen LogP contribution is 2.24. The van der Waals surface area contributed by atoms with Crippen molar-refractivity contribution in [3.63, 3.8) is 0 Å². The molecule has 0 amide bonds. The largest absolute Gasteiger partial charge is 0.496 e. The van der Waals surface area contributed by atoms with E-state index in [1.807, 2.05) is 18.2 Å². The lowest BCUT2D eigenvalue weighted by Gasteiger charge is -2.11. The molecular weight excluding hydrogens is 236 g/mol. The van der Waals surface area contributed by atoms with Crippen LogP contribution >= 0.6 is 0 Å². The molecule has 0 aliphatic heterocycles. The number of hydrogen-bond donors (Lipinski definition) is 1. The molecular formula is C16H16N2O. The lowest BCUT2D eigenvalue weighted by atomic mass is 10.1. The number of nitrogens with two attached hydrogens (primary N) is 1. The van der Waals surface area contributed by atoms with Crippen LogP contribution in [0.2, 0.25) is 0 Å². The Labute approximate surface area is 112 Å². The second-order valence-corrected chi connectivity index (χ2v) is 4.57. The molecule has 0 radical (unpaired) electrons. The van der Waals surface area contributed by atoms with Crippen LogP contribution in [-0.4, -0.2) is 11.7 Å². The van der Waals surface area contributed by atoms with Gasteiger partial charge in [0.05, 0.1) is 13.7 Å². The smallest absolute Gasteiger partial charge is 0.125 e. The minimum atomic E-state index is 0.720. The summed E-state index contributed by atoms with van der Waals surface area (Å²) in [6, 6.07) is 16.3. The van der Waals surface area contributed by atoms with E-state index in [0.717, 1.165) is 23.5 Å². The quantitative estimate of drug-likeness (QED) is 0.727. The number of para-hydroxylation sites is 1. The molecule has 3 rings (SSSR count). The SMILES string of the molecule is COc1cc(N)ccc1Cn1ccc2ccccc21. The fraction of sp³-hybridized carbons (Fsp3) is 0.125. The summed E-state index contributed by atoms with van der Waals surface area (Å²) in [5, 5.41) is 1.25. The van der Waals surface area contributed by atoms with Gasteiger partial charge in [-0.25, -0.2) is 0 Å². The van der Waals surface area contributed by atoms with Crippen molar-refractivity contribution in [2.45, 2.75) is 6.54 Å². The van der Waals surface area contributed by atoms with E-state index in [0.29, 0.717) is 0 Å². The normalized spacial score (nSPS) is 10.8. The fourth-order valence-electron chi connectivity index (χ4n) is 2.35. The van der Waals surface area contributed by atoms with Crippen molar-refractivity contribution < 1.29 is 4.74 Å². The molecule has 0 saturated carbocycles. The first-order valence-corrected chi connectivity index (χ1v) is 6.24. The molecule has 1 aromatic heterocycles. The zero-order valence-electron chi connectivity index (χ0n) is 10.8. The van der Waals surface area contributed by atoms with E-state index in [1.165, 1.54) is 10.9 Å². The second kappa shape index (κ2) is 4.69. The molecule has 96 valence electrons. The summed E-state index contributed by atoms with van der Waals surface area (Å²) in [6.45, 7) is 0.775. The summed E-state index contributed by atoms with van der Waals surface area (Å²) < 4.78 is 7.61. The summed E-state index contributed by atoms with van der Waals surface area (Å²) in [6.07, 6.45) is 2.10. The van der Waals surface area contributed by atoms with Crippen LogP contribution in [0, 0.1) is 0 Å². The fourth-order valence-corrected chi connectivity index (χ4v) is 2.35. The van der Waals surface area contributed by atoms with Crippen LogP contribution in [0.5, 0.6) is 5.75 Å². The molecule has 0 unspecified atom stereocenters. The van der Waals surface area contributed by atoms with Gasteiger partial charge in [-0.15, -0.1) is 0 Å². The summed E-state index contributed by atoms with van der Waals surface area (Å²) >= 11 is 0. The highest BCUT2D eigenvalue weighted by atomic mass is 16.5. The standard InChI is InChI=1S/C16H16N2O/c1-19-16-10-14(17)7-6-13(16)11-18-9-8-12-4-2-3-5-15(12)18/h2-10H,11,17H2,1H3. The van der Waals surface area contributed by atoms with Gasteiger partial charge in [-0.3, -0.25) is 0 Å². The second-order valence-electron chi connectivity index (χ2n) is 4.57. The Morgan fingerprint density at radius 2 is 1.95 bits per heavy atom. The van der Waals surface area contributed by atoms with Crippen LogP contribution < -0.4 is 10.5 Å². The van der Waals surface area contributed by atoms with Gasteiger partial charge >= 0.3 is 0 Å². The topological polar surface area (TPSA) is 40.2 Å². The molecule has 2 N–H and O–H groups in total. The molecule has 3 heteroatoms. The highest BCUT2D eigenvalue weighted by molar-refractivity contribution is 5.80. The average Bonchev–Trinajstić information content (AvgIpc) is 2.84. The van der Waals surface area contributed by atoms with E-state index in [2.05, 4.69) is 41.1 Å². The molecule has 3 nitrogen and oxygen atoms in total. The molecule has 19 heavy (non-hydrogen) atoms. The monoisotopic (exact) mass is 252 g/mol. The maximum atomic E-state index is 5.78. The third-order valence-electron chi connectivity index (χ3n) is 3.33. The van der Waals surface area contributed by atoms with E-state index in [-0.39, 0.29) is 0 Å². The van der Waals surface area contributed by atoms with Gasteiger partial charge in [0, 0.05) is 29.0 Å². The van der Waals surface area contributed by atoms with E-state index >= 15 is 0 Å². The van der Waals surface area contributed by atoms with Crippen LogP contribution in [0.3, 0.4) is 0 Å². The maximum absolute atomic E-state index is 5.78. The van der Waals surface area contributed by atoms with Crippen LogP contribution in [0.4, 0.5) is 5.69 Å². The maximum Gasteiger partial charge on any atom is 0.125 e. The Bertz CT molecular complexity index is 716. The van der Waals surface area contributed by atoms with Gasteiger partial charge in [0.15, 0.2) is 0 Å². The first-order valence-electron chi connectivity index (χ1n) is 6.24. The molecule has 0 aliphatic carbocycles. The summed E-state index contributed by atoms with van der Waals surface area (Å²) in [5.74, 6) is 0.831. The zero-order chi connectivity index (χ0) is 13.2. The third-order valence-corrected chi connectivity index (χ3v) is 3.33. The molecule has 0 atom stereocenters. The van der Waals surface area contributed by atoms with E-state index in [1.54, 1.807) is 7.11 Å². The summed E-state index contributed by atoms with van der Waals surface area (Å²) in [5.41, 5.74) is 8.85. The number of ether oxygens (including phenoxy) is 1. The molecule has 0 fully saturated rings. The molecule has 0 saturated heterocycles.